The average Bonchev–Trinajstić information content (AvgIpc) is 3.46. The minimum Gasteiger partial charge on any atom is -0.460 e. The Balaban J connectivity index is 1.99. The monoisotopic (exact) mass is 391 g/mol. The van der Waals surface area contributed by atoms with Gasteiger partial charge >= 0.3 is 5.97 Å². The minimum atomic E-state index is -0.609. The summed E-state index contributed by atoms with van der Waals surface area (Å²) in [4.78, 5) is 25.4. The van der Waals surface area contributed by atoms with Crippen molar-refractivity contribution in [1.82, 2.24) is 10.2 Å². The van der Waals surface area contributed by atoms with Crippen LogP contribution in [0.3, 0.4) is 0 Å². The SMILES string of the molecule is COCCOC(=O)C1=C(C)N(C2CC2)C(=S)N[C@H]1c1cccc([N+](=O)[O-])c1. The number of nitro benzene ring substituents is 1. The summed E-state index contributed by atoms with van der Waals surface area (Å²) in [5.74, 6) is -0.485. The van der Waals surface area contributed by atoms with Gasteiger partial charge < -0.3 is 19.7 Å². The highest BCUT2D eigenvalue weighted by Crippen LogP contribution is 2.38. The largest absolute Gasteiger partial charge is 0.460 e. The van der Waals surface area contributed by atoms with E-state index in [4.69, 9.17) is 21.7 Å². The van der Waals surface area contributed by atoms with Crippen molar-refractivity contribution in [3.8, 4) is 0 Å². The van der Waals surface area contributed by atoms with Gasteiger partial charge in [0.1, 0.15) is 6.61 Å². The highest BCUT2D eigenvalue weighted by atomic mass is 32.1. The number of rotatable bonds is 7. The Kier molecular flexibility index (Phi) is 5.71. The standard InChI is InChI=1S/C18H21N3O5S/c1-11-15(17(22)26-9-8-25-2)16(19-18(27)20(11)13-6-7-13)12-4-3-5-14(10-12)21(23)24/h3-5,10,13,16H,6-9H2,1-2H3,(H,19,27)/t16-/m0/s1. The zero-order chi connectivity index (χ0) is 19.6. The lowest BCUT2D eigenvalue weighted by molar-refractivity contribution is -0.384. The van der Waals surface area contributed by atoms with Gasteiger partial charge in [0.05, 0.1) is 23.1 Å². The van der Waals surface area contributed by atoms with Gasteiger partial charge in [0.15, 0.2) is 5.11 Å². The fourth-order valence-corrected chi connectivity index (χ4v) is 3.56. The molecule has 1 aliphatic heterocycles. The Labute approximate surface area is 162 Å². The number of nitrogens with zero attached hydrogens (tertiary/aromatic N) is 2. The molecular weight excluding hydrogens is 370 g/mol. The predicted octanol–water partition coefficient (Wildman–Crippen LogP) is 2.45. The molecule has 2 aliphatic rings. The first-order valence-electron chi connectivity index (χ1n) is 8.65. The van der Waals surface area contributed by atoms with Crippen LogP contribution in [0.1, 0.15) is 31.4 Å². The van der Waals surface area contributed by atoms with Crippen LogP contribution >= 0.6 is 12.2 Å². The van der Waals surface area contributed by atoms with E-state index in [0.717, 1.165) is 18.5 Å². The number of thiocarbonyl (C=S) groups is 1. The van der Waals surface area contributed by atoms with Crippen molar-refractivity contribution < 1.29 is 19.2 Å². The summed E-state index contributed by atoms with van der Waals surface area (Å²) < 4.78 is 10.3. The van der Waals surface area contributed by atoms with Crippen LogP contribution < -0.4 is 5.32 Å². The first kappa shape index (κ1) is 19.2. The Morgan fingerprint density at radius 3 is 2.78 bits per heavy atom. The molecular formula is C18H21N3O5S. The molecule has 0 aromatic heterocycles. The van der Waals surface area contributed by atoms with Crippen LogP contribution in [0.5, 0.6) is 0 Å². The smallest absolute Gasteiger partial charge is 0.338 e. The number of benzene rings is 1. The van der Waals surface area contributed by atoms with E-state index in [9.17, 15) is 14.9 Å². The maximum absolute atomic E-state index is 12.8. The zero-order valence-corrected chi connectivity index (χ0v) is 16.0. The first-order chi connectivity index (χ1) is 12.9. The van der Waals surface area contributed by atoms with Crippen LogP contribution in [0, 0.1) is 10.1 Å². The Morgan fingerprint density at radius 2 is 2.15 bits per heavy atom. The molecule has 1 aliphatic carbocycles. The Hall–Kier alpha value is -2.52. The number of allylic oxidation sites excluding steroid dienone is 1. The number of esters is 1. The fraction of sp³-hybridized carbons (Fsp3) is 0.444. The third kappa shape index (κ3) is 4.09. The van der Waals surface area contributed by atoms with E-state index in [-0.39, 0.29) is 24.9 Å². The number of non-ortho nitro benzene ring substituents is 1. The van der Waals surface area contributed by atoms with Crippen LogP contribution in [-0.4, -0.2) is 47.3 Å². The highest BCUT2D eigenvalue weighted by Gasteiger charge is 2.41. The van der Waals surface area contributed by atoms with Crippen molar-refractivity contribution in [3.05, 3.63) is 51.2 Å². The second-order valence-electron chi connectivity index (χ2n) is 6.46. The van der Waals surface area contributed by atoms with Crippen molar-refractivity contribution in [2.24, 2.45) is 0 Å². The molecule has 1 N–H and O–H groups in total. The van der Waals surface area contributed by atoms with Gasteiger partial charge in [-0.3, -0.25) is 10.1 Å². The highest BCUT2D eigenvalue weighted by molar-refractivity contribution is 7.80. The van der Waals surface area contributed by atoms with Gasteiger partial charge in [-0.2, -0.15) is 0 Å². The summed E-state index contributed by atoms with van der Waals surface area (Å²) in [5.41, 5.74) is 1.67. The molecule has 0 saturated heterocycles. The lowest BCUT2D eigenvalue weighted by atomic mass is 9.94. The summed E-state index contributed by atoms with van der Waals surface area (Å²) in [6.07, 6.45) is 2.01. The molecule has 1 heterocycles. The molecule has 27 heavy (non-hydrogen) atoms. The van der Waals surface area contributed by atoms with E-state index in [2.05, 4.69) is 5.32 Å². The van der Waals surface area contributed by atoms with Crippen LogP contribution in [-0.2, 0) is 14.3 Å². The molecule has 1 aromatic rings. The lowest BCUT2D eigenvalue weighted by Gasteiger charge is -2.37. The van der Waals surface area contributed by atoms with Crippen molar-refractivity contribution >= 4 is 29.0 Å². The molecule has 0 bridgehead atoms. The molecule has 1 fully saturated rings. The molecule has 1 atom stereocenters. The summed E-state index contributed by atoms with van der Waals surface area (Å²) in [5, 5.41) is 14.8. The van der Waals surface area contributed by atoms with Gasteiger partial charge in [0, 0.05) is 31.0 Å². The molecule has 1 saturated carbocycles. The topological polar surface area (TPSA) is 93.9 Å². The van der Waals surface area contributed by atoms with Crippen LogP contribution in [0.25, 0.3) is 0 Å². The van der Waals surface area contributed by atoms with E-state index < -0.39 is 16.9 Å². The number of carbonyl (C=O) groups excluding carboxylic acids is 1. The third-order valence-corrected chi connectivity index (χ3v) is 4.91. The summed E-state index contributed by atoms with van der Waals surface area (Å²) in [7, 11) is 1.53. The normalized spacial score (nSPS) is 19.7. The second kappa shape index (κ2) is 8.01. The maximum Gasteiger partial charge on any atom is 0.338 e. The number of carbonyl (C=O) groups is 1. The number of nitrogens with one attached hydrogen (secondary N) is 1. The number of methoxy groups -OCH3 is 1. The van der Waals surface area contributed by atoms with Crippen molar-refractivity contribution in [1.29, 1.82) is 0 Å². The van der Waals surface area contributed by atoms with E-state index in [1.54, 1.807) is 12.1 Å². The van der Waals surface area contributed by atoms with E-state index in [1.165, 1.54) is 19.2 Å². The number of ether oxygens (including phenoxy) is 2. The molecule has 8 nitrogen and oxygen atoms in total. The van der Waals surface area contributed by atoms with Gasteiger partial charge in [0.2, 0.25) is 0 Å². The zero-order valence-electron chi connectivity index (χ0n) is 15.1. The van der Waals surface area contributed by atoms with E-state index in [0.29, 0.717) is 16.2 Å². The summed E-state index contributed by atoms with van der Waals surface area (Å²) in [6, 6.07) is 5.85. The van der Waals surface area contributed by atoms with Gasteiger partial charge in [-0.25, -0.2) is 4.79 Å². The predicted molar refractivity (Wildman–Crippen MR) is 102 cm³/mol. The minimum absolute atomic E-state index is 0.0467. The summed E-state index contributed by atoms with van der Waals surface area (Å²) in [6.45, 7) is 2.25. The van der Waals surface area contributed by atoms with Gasteiger partial charge in [-0.1, -0.05) is 12.1 Å². The van der Waals surface area contributed by atoms with Crippen LogP contribution in [0.2, 0.25) is 0 Å². The molecule has 144 valence electrons. The van der Waals surface area contributed by atoms with Gasteiger partial charge in [-0.15, -0.1) is 0 Å². The maximum atomic E-state index is 12.8. The number of nitro groups is 1. The molecule has 9 heteroatoms. The van der Waals surface area contributed by atoms with Crippen molar-refractivity contribution in [2.75, 3.05) is 20.3 Å². The first-order valence-corrected chi connectivity index (χ1v) is 9.05. The van der Waals surface area contributed by atoms with E-state index >= 15 is 0 Å². The summed E-state index contributed by atoms with van der Waals surface area (Å²) >= 11 is 5.50. The Bertz CT molecular complexity index is 806. The molecule has 0 spiro atoms. The van der Waals surface area contributed by atoms with Gasteiger partial charge in [0.25, 0.3) is 5.69 Å². The van der Waals surface area contributed by atoms with Gasteiger partial charge in [-0.05, 0) is 37.5 Å². The molecule has 0 amide bonds. The van der Waals surface area contributed by atoms with Crippen molar-refractivity contribution in [2.45, 2.75) is 31.8 Å². The average molecular weight is 391 g/mol. The number of hydrogen-bond donors (Lipinski definition) is 1. The molecule has 0 unspecified atom stereocenters. The molecule has 3 rings (SSSR count). The van der Waals surface area contributed by atoms with Crippen LogP contribution in [0.4, 0.5) is 5.69 Å². The Morgan fingerprint density at radius 1 is 1.41 bits per heavy atom. The molecule has 1 aromatic carbocycles. The van der Waals surface area contributed by atoms with Crippen LogP contribution in [0.15, 0.2) is 35.5 Å². The second-order valence-corrected chi connectivity index (χ2v) is 6.85. The quantitative estimate of drug-likeness (QED) is 0.249. The lowest BCUT2D eigenvalue weighted by Crippen LogP contribution is -2.48. The van der Waals surface area contributed by atoms with Crippen molar-refractivity contribution in [3.63, 3.8) is 0 Å². The third-order valence-electron chi connectivity index (χ3n) is 4.59. The molecule has 0 radical (unpaired) electrons. The number of hydrogen-bond acceptors (Lipinski definition) is 6. The fourth-order valence-electron chi connectivity index (χ4n) is 3.16. The van der Waals surface area contributed by atoms with E-state index in [1.807, 2.05) is 11.8 Å².